The molecular formula is C21H23N3O4S. The lowest BCUT2D eigenvalue weighted by Gasteiger charge is -2.41. The van der Waals surface area contributed by atoms with Gasteiger partial charge in [-0.15, -0.1) is 11.3 Å². The van der Waals surface area contributed by atoms with Gasteiger partial charge in [-0.3, -0.25) is 9.59 Å². The quantitative estimate of drug-likeness (QED) is 0.766. The fourth-order valence-corrected chi connectivity index (χ4v) is 5.26. The summed E-state index contributed by atoms with van der Waals surface area (Å²) in [4.78, 5) is 45.1. The number of allylic oxidation sites excluding steroid dienone is 2. The highest BCUT2D eigenvalue weighted by Gasteiger charge is 2.45. The Morgan fingerprint density at radius 2 is 2.10 bits per heavy atom. The first-order valence-electron chi connectivity index (χ1n) is 9.83. The molecule has 3 aliphatic rings. The molecule has 0 bridgehead atoms. The van der Waals surface area contributed by atoms with Crippen LogP contribution in [0.5, 0.6) is 0 Å². The van der Waals surface area contributed by atoms with Crippen LogP contribution in [0.1, 0.15) is 53.9 Å². The van der Waals surface area contributed by atoms with E-state index in [4.69, 9.17) is 4.74 Å². The highest BCUT2D eigenvalue weighted by molar-refractivity contribution is 7.17. The number of fused-ring (bicyclic) bond motifs is 2. The van der Waals surface area contributed by atoms with Gasteiger partial charge in [0.15, 0.2) is 0 Å². The molecule has 1 N–H and O–H groups in total. The van der Waals surface area contributed by atoms with Gasteiger partial charge in [-0.1, -0.05) is 6.08 Å². The van der Waals surface area contributed by atoms with Crippen molar-refractivity contribution in [2.24, 2.45) is 4.99 Å². The lowest BCUT2D eigenvalue weighted by Crippen LogP contribution is -2.58. The molecule has 2 aliphatic heterocycles. The number of amides is 2. The van der Waals surface area contributed by atoms with Gasteiger partial charge in [-0.2, -0.15) is 4.99 Å². The van der Waals surface area contributed by atoms with Crippen LogP contribution < -0.4 is 5.32 Å². The minimum Gasteiger partial charge on any atom is -0.462 e. The summed E-state index contributed by atoms with van der Waals surface area (Å²) in [7, 11) is 0. The number of nitrogens with one attached hydrogen (secondary N) is 1. The molecule has 8 heteroatoms. The van der Waals surface area contributed by atoms with E-state index < -0.39 is 11.5 Å². The molecule has 0 aromatic carbocycles. The second-order valence-electron chi connectivity index (χ2n) is 7.47. The predicted molar refractivity (Wildman–Crippen MR) is 111 cm³/mol. The van der Waals surface area contributed by atoms with Gasteiger partial charge < -0.3 is 15.0 Å². The molecule has 0 saturated heterocycles. The van der Waals surface area contributed by atoms with Crippen molar-refractivity contribution in [2.75, 3.05) is 11.9 Å². The zero-order chi connectivity index (χ0) is 20.6. The van der Waals surface area contributed by atoms with Crippen LogP contribution in [0.25, 0.3) is 0 Å². The van der Waals surface area contributed by atoms with Crippen molar-refractivity contribution in [2.45, 2.75) is 51.5 Å². The monoisotopic (exact) mass is 413 g/mol. The number of amidine groups is 1. The zero-order valence-corrected chi connectivity index (χ0v) is 17.3. The van der Waals surface area contributed by atoms with Crippen molar-refractivity contribution in [1.29, 1.82) is 0 Å². The molecule has 0 fully saturated rings. The van der Waals surface area contributed by atoms with Crippen LogP contribution in [-0.2, 0) is 27.2 Å². The number of carbonyl (C=O) groups excluding carboxylic acids is 3. The average molecular weight is 413 g/mol. The van der Waals surface area contributed by atoms with Crippen molar-refractivity contribution >= 4 is 40.0 Å². The molecular weight excluding hydrogens is 390 g/mol. The van der Waals surface area contributed by atoms with Crippen molar-refractivity contribution in [3.05, 3.63) is 40.4 Å². The van der Waals surface area contributed by atoms with Crippen LogP contribution >= 0.6 is 11.3 Å². The molecule has 2 amide bonds. The number of aliphatic imine (C=N–C) groups is 1. The summed E-state index contributed by atoms with van der Waals surface area (Å²) in [6, 6.07) is 0. The average Bonchev–Trinajstić information content (AvgIpc) is 3.06. The molecule has 1 aromatic heterocycles. The predicted octanol–water partition coefficient (Wildman–Crippen LogP) is 3.22. The Kier molecular flexibility index (Phi) is 5.12. The highest BCUT2D eigenvalue weighted by atomic mass is 32.1. The summed E-state index contributed by atoms with van der Waals surface area (Å²) in [5.74, 6) is -0.653. The Labute approximate surface area is 173 Å². The Morgan fingerprint density at radius 1 is 1.31 bits per heavy atom. The first-order valence-corrected chi connectivity index (χ1v) is 10.6. The molecule has 0 saturated carbocycles. The van der Waals surface area contributed by atoms with Gasteiger partial charge >= 0.3 is 5.97 Å². The number of esters is 1. The molecule has 1 aromatic rings. The second kappa shape index (κ2) is 7.59. The van der Waals surface area contributed by atoms with E-state index in [0.29, 0.717) is 16.4 Å². The maximum atomic E-state index is 13.4. The molecule has 29 heavy (non-hydrogen) atoms. The Balaban J connectivity index is 1.68. The van der Waals surface area contributed by atoms with Crippen LogP contribution in [0, 0.1) is 0 Å². The summed E-state index contributed by atoms with van der Waals surface area (Å²) in [5.41, 5.74) is 0.322. The lowest BCUT2D eigenvalue weighted by atomic mass is 9.91. The first kappa shape index (κ1) is 19.6. The fraction of sp³-hybridized carbons (Fsp3) is 0.429. The van der Waals surface area contributed by atoms with Crippen LogP contribution in [0.4, 0.5) is 5.00 Å². The Hall–Kier alpha value is -2.74. The van der Waals surface area contributed by atoms with Crippen LogP contribution in [0.15, 0.2) is 29.4 Å². The van der Waals surface area contributed by atoms with Gasteiger partial charge in [-0.05, 0) is 57.2 Å². The van der Waals surface area contributed by atoms with Gasteiger partial charge in [0, 0.05) is 11.1 Å². The number of hydrogen-bond acceptors (Lipinski definition) is 6. The highest BCUT2D eigenvalue weighted by Crippen LogP contribution is 2.39. The van der Waals surface area contributed by atoms with Crippen LogP contribution in [0.2, 0.25) is 0 Å². The number of nitrogens with zero attached hydrogens (tertiary/aromatic N) is 2. The third-order valence-electron chi connectivity index (χ3n) is 5.47. The van der Waals surface area contributed by atoms with Gasteiger partial charge in [0.25, 0.3) is 11.8 Å². The number of anilines is 1. The number of hydrogen-bond donors (Lipinski definition) is 1. The number of carbonyl (C=O) groups is 3. The summed E-state index contributed by atoms with van der Waals surface area (Å²) in [6.07, 6.45) is 10.8. The molecule has 1 unspecified atom stereocenters. The first-order chi connectivity index (χ1) is 13.9. The third-order valence-corrected chi connectivity index (χ3v) is 6.68. The molecule has 3 heterocycles. The number of aryl methyl sites for hydroxylation is 1. The minimum absolute atomic E-state index is 0.0413. The number of ether oxygens (including phenoxy) is 1. The van der Waals surface area contributed by atoms with Crippen molar-refractivity contribution in [1.82, 2.24) is 4.90 Å². The molecule has 7 nitrogen and oxygen atoms in total. The van der Waals surface area contributed by atoms with Crippen molar-refractivity contribution < 1.29 is 19.1 Å². The number of rotatable bonds is 4. The summed E-state index contributed by atoms with van der Waals surface area (Å²) in [5, 5.41) is 3.45. The van der Waals surface area contributed by atoms with Gasteiger partial charge in [0.05, 0.1) is 18.6 Å². The van der Waals surface area contributed by atoms with Gasteiger partial charge in [0.1, 0.15) is 16.4 Å². The lowest BCUT2D eigenvalue weighted by molar-refractivity contribution is -0.130. The molecule has 1 aliphatic carbocycles. The summed E-state index contributed by atoms with van der Waals surface area (Å²) >= 11 is 1.44. The van der Waals surface area contributed by atoms with Crippen molar-refractivity contribution in [3.63, 3.8) is 0 Å². The maximum Gasteiger partial charge on any atom is 0.341 e. The number of thiophene rings is 1. The van der Waals surface area contributed by atoms with E-state index in [-0.39, 0.29) is 24.8 Å². The zero-order valence-electron chi connectivity index (χ0n) is 16.5. The SMILES string of the molecule is CCOC(=O)c1c(NC(=O)C2(C)CC(=O)N=C3C=CC=CN32)sc2c1CCCC2. The maximum absolute atomic E-state index is 13.4. The van der Waals surface area contributed by atoms with E-state index in [9.17, 15) is 14.4 Å². The third kappa shape index (κ3) is 3.42. The van der Waals surface area contributed by atoms with Gasteiger partial charge in [0.2, 0.25) is 0 Å². The molecule has 4 rings (SSSR count). The fourth-order valence-electron chi connectivity index (χ4n) is 3.99. The van der Waals surface area contributed by atoms with E-state index in [0.717, 1.165) is 36.1 Å². The topological polar surface area (TPSA) is 88.1 Å². The van der Waals surface area contributed by atoms with Crippen molar-refractivity contribution in [3.8, 4) is 0 Å². The largest absolute Gasteiger partial charge is 0.462 e. The Morgan fingerprint density at radius 3 is 2.90 bits per heavy atom. The molecule has 0 radical (unpaired) electrons. The summed E-state index contributed by atoms with van der Waals surface area (Å²) in [6.45, 7) is 3.75. The molecule has 0 spiro atoms. The minimum atomic E-state index is -1.13. The van der Waals surface area contributed by atoms with E-state index in [1.807, 2.05) is 0 Å². The standard InChI is InChI=1S/C21H23N3O4S/c1-3-28-19(26)17-13-8-4-5-9-14(13)29-18(17)23-20(27)21(2)12-16(25)22-15-10-6-7-11-24(15)21/h6-7,10-11H,3-5,8-9,12H2,1-2H3,(H,23,27). The van der Waals surface area contributed by atoms with E-state index in [1.54, 1.807) is 43.2 Å². The smallest absolute Gasteiger partial charge is 0.341 e. The second-order valence-corrected chi connectivity index (χ2v) is 8.58. The summed E-state index contributed by atoms with van der Waals surface area (Å²) < 4.78 is 5.26. The van der Waals surface area contributed by atoms with Crippen LogP contribution in [0.3, 0.4) is 0 Å². The van der Waals surface area contributed by atoms with E-state index in [1.165, 1.54) is 11.3 Å². The van der Waals surface area contributed by atoms with Crippen LogP contribution in [-0.4, -0.2) is 40.7 Å². The van der Waals surface area contributed by atoms with E-state index >= 15 is 0 Å². The Bertz CT molecular complexity index is 975. The molecule has 152 valence electrons. The van der Waals surface area contributed by atoms with E-state index in [2.05, 4.69) is 10.3 Å². The van der Waals surface area contributed by atoms with Gasteiger partial charge in [-0.25, -0.2) is 4.79 Å². The molecule has 1 atom stereocenters. The normalized spacial score (nSPS) is 22.6.